The van der Waals surface area contributed by atoms with Crippen molar-refractivity contribution in [2.45, 2.75) is 6.92 Å². The number of carbonyl (C=O) groups excluding carboxylic acids is 2. The van der Waals surface area contributed by atoms with Crippen molar-refractivity contribution in [2.75, 3.05) is 19.5 Å². The van der Waals surface area contributed by atoms with E-state index in [1.54, 1.807) is 0 Å². The molecular formula is C16H18N2O4. The number of rotatable bonds is 4. The van der Waals surface area contributed by atoms with E-state index < -0.39 is 11.9 Å². The van der Waals surface area contributed by atoms with Crippen LogP contribution < -0.4 is 5.32 Å². The first-order valence-corrected chi connectivity index (χ1v) is 6.67. The molecule has 2 aromatic rings. The van der Waals surface area contributed by atoms with Gasteiger partial charge in [0.05, 0.1) is 25.8 Å². The quantitative estimate of drug-likeness (QED) is 0.692. The van der Waals surface area contributed by atoms with Gasteiger partial charge in [0.1, 0.15) is 5.70 Å². The third-order valence-electron chi connectivity index (χ3n) is 3.34. The summed E-state index contributed by atoms with van der Waals surface area (Å²) in [6, 6.07) is 5.69. The minimum absolute atomic E-state index is 0.0135. The van der Waals surface area contributed by atoms with Gasteiger partial charge < -0.3 is 19.4 Å². The maximum absolute atomic E-state index is 11.7. The predicted octanol–water partition coefficient (Wildman–Crippen LogP) is 2.13. The van der Waals surface area contributed by atoms with Gasteiger partial charge in [0.25, 0.3) is 0 Å². The normalized spacial score (nSPS) is 11.4. The van der Waals surface area contributed by atoms with Crippen molar-refractivity contribution in [3.05, 3.63) is 41.7 Å². The van der Waals surface area contributed by atoms with E-state index in [-0.39, 0.29) is 5.70 Å². The number of nitrogens with one attached hydrogen (secondary N) is 1. The monoisotopic (exact) mass is 302 g/mol. The molecule has 0 saturated carbocycles. The number of hydrogen-bond acceptors (Lipinski definition) is 5. The molecule has 1 N–H and O–H groups in total. The first kappa shape index (κ1) is 15.6. The molecule has 116 valence electrons. The van der Waals surface area contributed by atoms with Crippen molar-refractivity contribution in [3.63, 3.8) is 0 Å². The van der Waals surface area contributed by atoms with Crippen LogP contribution in [0.3, 0.4) is 0 Å². The van der Waals surface area contributed by atoms with E-state index in [0.717, 1.165) is 17.0 Å². The summed E-state index contributed by atoms with van der Waals surface area (Å²) in [7, 11) is 4.44. The summed E-state index contributed by atoms with van der Waals surface area (Å²) in [6.07, 6.45) is 3.09. The van der Waals surface area contributed by atoms with E-state index in [9.17, 15) is 9.59 Å². The Bertz CT molecular complexity index is 759. The van der Waals surface area contributed by atoms with Crippen LogP contribution in [0.5, 0.6) is 0 Å². The Labute approximate surface area is 128 Å². The molecule has 1 aromatic heterocycles. The lowest BCUT2D eigenvalue weighted by atomic mass is 10.2. The highest BCUT2D eigenvalue weighted by Crippen LogP contribution is 2.24. The molecule has 6 heteroatoms. The molecule has 0 amide bonds. The van der Waals surface area contributed by atoms with Gasteiger partial charge in [-0.1, -0.05) is 6.07 Å². The first-order chi connectivity index (χ1) is 10.5. The van der Waals surface area contributed by atoms with Gasteiger partial charge in [0.15, 0.2) is 0 Å². The molecule has 2 rings (SSSR count). The molecule has 1 heterocycles. The van der Waals surface area contributed by atoms with E-state index in [4.69, 9.17) is 0 Å². The topological polar surface area (TPSA) is 69.6 Å². The van der Waals surface area contributed by atoms with Crippen molar-refractivity contribution in [3.8, 4) is 0 Å². The van der Waals surface area contributed by atoms with Gasteiger partial charge in [0.2, 0.25) is 0 Å². The van der Waals surface area contributed by atoms with Crippen molar-refractivity contribution < 1.29 is 19.1 Å². The number of esters is 2. The number of nitrogens with zero attached hydrogens (tertiary/aromatic N) is 1. The van der Waals surface area contributed by atoms with Gasteiger partial charge in [-0.2, -0.15) is 0 Å². The summed E-state index contributed by atoms with van der Waals surface area (Å²) in [6.45, 7) is 2.03. The Morgan fingerprint density at radius 2 is 1.95 bits per heavy atom. The number of ether oxygens (including phenoxy) is 2. The first-order valence-electron chi connectivity index (χ1n) is 6.67. The molecule has 22 heavy (non-hydrogen) atoms. The second-order valence-electron chi connectivity index (χ2n) is 4.85. The van der Waals surface area contributed by atoms with E-state index in [1.807, 2.05) is 42.9 Å². The maximum atomic E-state index is 11.7. The summed E-state index contributed by atoms with van der Waals surface area (Å²) in [5, 5.41) is 4.03. The van der Waals surface area contributed by atoms with Crippen molar-refractivity contribution >= 4 is 28.5 Å². The predicted molar refractivity (Wildman–Crippen MR) is 83.4 cm³/mol. The van der Waals surface area contributed by atoms with Crippen LogP contribution in [-0.2, 0) is 26.1 Å². The van der Waals surface area contributed by atoms with Crippen molar-refractivity contribution in [1.82, 2.24) is 4.57 Å². The van der Waals surface area contributed by atoms with Crippen molar-refractivity contribution in [2.24, 2.45) is 7.05 Å². The molecule has 0 aliphatic carbocycles. The smallest absolute Gasteiger partial charge is 0.354 e. The average Bonchev–Trinajstić information content (AvgIpc) is 2.80. The molecule has 0 aliphatic rings. The zero-order chi connectivity index (χ0) is 16.3. The van der Waals surface area contributed by atoms with Crippen LogP contribution >= 0.6 is 0 Å². The number of fused-ring (bicyclic) bond motifs is 1. The number of hydrogen-bond donors (Lipinski definition) is 1. The summed E-state index contributed by atoms with van der Waals surface area (Å²) >= 11 is 0. The lowest BCUT2D eigenvalue weighted by Gasteiger charge is -2.09. The highest BCUT2D eigenvalue weighted by molar-refractivity contribution is 5.99. The molecule has 6 nitrogen and oxygen atoms in total. The Hall–Kier alpha value is -2.76. The van der Waals surface area contributed by atoms with E-state index in [2.05, 4.69) is 14.8 Å². The Kier molecular flexibility index (Phi) is 4.50. The molecule has 1 aromatic carbocycles. The van der Waals surface area contributed by atoms with Crippen LogP contribution in [0.25, 0.3) is 10.9 Å². The number of methoxy groups -OCH3 is 2. The zero-order valence-corrected chi connectivity index (χ0v) is 13.0. The molecule has 0 unspecified atom stereocenters. The van der Waals surface area contributed by atoms with E-state index in [1.165, 1.54) is 19.8 Å². The Morgan fingerprint density at radius 3 is 2.59 bits per heavy atom. The molecule has 0 aliphatic heterocycles. The second-order valence-corrected chi connectivity index (χ2v) is 4.85. The minimum Gasteiger partial charge on any atom is -0.466 e. The fraction of sp³-hybridized carbons (Fsp3) is 0.250. The number of aryl methyl sites for hydroxylation is 2. The SMILES string of the molecule is COC(=O)/C=C(/Nc1ccc2c(C)cn(C)c2c1)C(=O)OC. The lowest BCUT2D eigenvalue weighted by molar-refractivity contribution is -0.138. The fourth-order valence-corrected chi connectivity index (χ4v) is 2.25. The summed E-state index contributed by atoms with van der Waals surface area (Å²) in [4.78, 5) is 23.1. The lowest BCUT2D eigenvalue weighted by Crippen LogP contribution is -2.15. The van der Waals surface area contributed by atoms with Crippen molar-refractivity contribution in [1.29, 1.82) is 0 Å². The highest BCUT2D eigenvalue weighted by Gasteiger charge is 2.13. The van der Waals surface area contributed by atoms with Gasteiger partial charge in [0, 0.05) is 24.3 Å². The van der Waals surface area contributed by atoms with Crippen LogP contribution in [0.1, 0.15) is 5.56 Å². The Morgan fingerprint density at radius 1 is 1.23 bits per heavy atom. The maximum Gasteiger partial charge on any atom is 0.354 e. The summed E-state index contributed by atoms with van der Waals surface area (Å²) in [5.41, 5.74) is 2.88. The van der Waals surface area contributed by atoms with Crippen LogP contribution in [0.15, 0.2) is 36.2 Å². The van der Waals surface area contributed by atoms with Crippen LogP contribution in [0.4, 0.5) is 5.69 Å². The van der Waals surface area contributed by atoms with Gasteiger partial charge in [-0.15, -0.1) is 0 Å². The van der Waals surface area contributed by atoms with Crippen LogP contribution in [0, 0.1) is 6.92 Å². The van der Waals surface area contributed by atoms with Crippen LogP contribution in [0.2, 0.25) is 0 Å². The highest BCUT2D eigenvalue weighted by atomic mass is 16.5. The van der Waals surface area contributed by atoms with Gasteiger partial charge >= 0.3 is 11.9 Å². The average molecular weight is 302 g/mol. The third-order valence-corrected chi connectivity index (χ3v) is 3.34. The van der Waals surface area contributed by atoms with Gasteiger partial charge in [-0.3, -0.25) is 0 Å². The summed E-state index contributed by atoms with van der Waals surface area (Å²) < 4.78 is 11.2. The van der Waals surface area contributed by atoms with E-state index in [0.29, 0.717) is 5.69 Å². The fourth-order valence-electron chi connectivity index (χ4n) is 2.25. The molecule has 0 saturated heterocycles. The minimum atomic E-state index is -0.645. The summed E-state index contributed by atoms with van der Waals surface area (Å²) in [5.74, 6) is -1.28. The number of benzene rings is 1. The molecular weight excluding hydrogens is 284 g/mol. The molecule has 0 spiro atoms. The number of anilines is 1. The van der Waals surface area contributed by atoms with Gasteiger partial charge in [-0.25, -0.2) is 9.59 Å². The van der Waals surface area contributed by atoms with Crippen LogP contribution in [-0.4, -0.2) is 30.7 Å². The third kappa shape index (κ3) is 3.11. The zero-order valence-electron chi connectivity index (χ0n) is 13.0. The second kappa shape index (κ2) is 6.34. The molecule has 0 radical (unpaired) electrons. The molecule has 0 atom stereocenters. The van der Waals surface area contributed by atoms with E-state index >= 15 is 0 Å². The largest absolute Gasteiger partial charge is 0.466 e. The molecule has 0 fully saturated rings. The standard InChI is InChI=1S/C16H18N2O4/c1-10-9-18(2)14-7-11(5-6-12(10)14)17-13(16(20)22-4)8-15(19)21-3/h5-9,17H,1-4H3/b13-8+. The number of carbonyl (C=O) groups is 2. The Balaban J connectivity index is 2.38. The van der Waals surface area contributed by atoms with Gasteiger partial charge in [-0.05, 0) is 24.6 Å². The molecule has 0 bridgehead atoms. The number of aromatic nitrogens is 1.